The van der Waals surface area contributed by atoms with E-state index in [1.165, 1.54) is 6.26 Å². The van der Waals surface area contributed by atoms with Crippen molar-refractivity contribution >= 4 is 23.5 Å². The lowest BCUT2D eigenvalue weighted by atomic mass is 10.2. The second-order valence-corrected chi connectivity index (χ2v) is 5.04. The monoisotopic (exact) mass is 337 g/mol. The molecule has 0 bridgehead atoms. The fourth-order valence-corrected chi connectivity index (χ4v) is 2.09. The van der Waals surface area contributed by atoms with Crippen molar-refractivity contribution in [2.24, 2.45) is 0 Å². The fraction of sp³-hybridized carbons (Fsp3) is 0.0556. The Morgan fingerprint density at radius 1 is 1.00 bits per heavy atom. The zero-order chi connectivity index (χ0) is 17.6. The summed E-state index contributed by atoms with van der Waals surface area (Å²) in [6, 6.07) is 15.5. The molecule has 0 fully saturated rings. The van der Waals surface area contributed by atoms with Crippen LogP contribution in [0, 0.1) is 0 Å². The Labute approximate surface area is 143 Å². The smallest absolute Gasteiger partial charge is 0.302 e. The number of oxazole rings is 1. The van der Waals surface area contributed by atoms with Crippen LogP contribution >= 0.6 is 0 Å². The van der Waals surface area contributed by atoms with Gasteiger partial charge in [-0.05, 0) is 24.3 Å². The molecule has 2 amide bonds. The van der Waals surface area contributed by atoms with Crippen LogP contribution in [-0.2, 0) is 0 Å². The largest absolute Gasteiger partial charge is 0.497 e. The first kappa shape index (κ1) is 16.3. The topological polar surface area (TPSA) is 93.5 Å². The van der Waals surface area contributed by atoms with E-state index in [1.807, 2.05) is 6.07 Å². The number of nitrogens with one attached hydrogen (secondary N) is 2. The summed E-state index contributed by atoms with van der Waals surface area (Å²) in [5.41, 5.74) is 1.07. The number of methoxy groups -OCH3 is 1. The molecule has 0 aliphatic rings. The summed E-state index contributed by atoms with van der Waals surface area (Å²) >= 11 is 0. The van der Waals surface area contributed by atoms with Gasteiger partial charge in [0.1, 0.15) is 12.0 Å². The summed E-state index contributed by atoms with van der Waals surface area (Å²) < 4.78 is 10.2. The molecule has 0 aliphatic heterocycles. The number of rotatable bonds is 5. The van der Waals surface area contributed by atoms with Gasteiger partial charge in [-0.25, -0.2) is 0 Å². The summed E-state index contributed by atoms with van der Waals surface area (Å²) in [4.78, 5) is 28.2. The molecule has 7 nitrogen and oxygen atoms in total. The summed E-state index contributed by atoms with van der Waals surface area (Å²) in [7, 11) is 1.54. The van der Waals surface area contributed by atoms with Crippen LogP contribution in [0.4, 0.5) is 11.7 Å². The number of ether oxygens (including phenoxy) is 1. The Balaban J connectivity index is 1.66. The molecule has 0 unspecified atom stereocenters. The fourth-order valence-electron chi connectivity index (χ4n) is 2.09. The first-order valence-corrected chi connectivity index (χ1v) is 7.43. The standard InChI is InChI=1S/C18H15N3O4/c1-24-14-9-5-8-13(10-14)19-17(23)15-11-25-18(20-15)21-16(22)12-6-3-2-4-7-12/h2-11H,1H3,(H,19,23)(H,20,21,22). The van der Waals surface area contributed by atoms with Gasteiger partial charge in [-0.15, -0.1) is 0 Å². The number of hydrogen-bond acceptors (Lipinski definition) is 5. The number of carbonyl (C=O) groups excluding carboxylic acids is 2. The van der Waals surface area contributed by atoms with Crippen LogP contribution in [0.3, 0.4) is 0 Å². The summed E-state index contributed by atoms with van der Waals surface area (Å²) in [6.45, 7) is 0. The van der Waals surface area contributed by atoms with Gasteiger partial charge in [0, 0.05) is 17.3 Å². The number of benzene rings is 2. The highest BCUT2D eigenvalue weighted by Gasteiger charge is 2.15. The maximum atomic E-state index is 12.2. The lowest BCUT2D eigenvalue weighted by molar-refractivity contribution is 0.101. The molecule has 0 spiro atoms. The van der Waals surface area contributed by atoms with E-state index in [2.05, 4.69) is 15.6 Å². The van der Waals surface area contributed by atoms with E-state index >= 15 is 0 Å². The van der Waals surface area contributed by atoms with Crippen molar-refractivity contribution in [2.45, 2.75) is 0 Å². The minimum absolute atomic E-state index is 0.0474. The van der Waals surface area contributed by atoms with Crippen LogP contribution in [0.2, 0.25) is 0 Å². The van der Waals surface area contributed by atoms with Crippen molar-refractivity contribution in [3.8, 4) is 5.75 Å². The maximum absolute atomic E-state index is 12.2. The number of hydrogen-bond donors (Lipinski definition) is 2. The molecular formula is C18H15N3O4. The molecule has 0 atom stereocenters. The summed E-state index contributed by atoms with van der Waals surface area (Å²) in [5.74, 6) is -0.215. The average molecular weight is 337 g/mol. The van der Waals surface area contributed by atoms with Gasteiger partial charge in [0.2, 0.25) is 0 Å². The van der Waals surface area contributed by atoms with E-state index in [-0.39, 0.29) is 17.6 Å². The van der Waals surface area contributed by atoms with E-state index in [0.717, 1.165) is 0 Å². The van der Waals surface area contributed by atoms with E-state index < -0.39 is 5.91 Å². The first-order chi connectivity index (χ1) is 12.2. The molecule has 0 radical (unpaired) electrons. The van der Waals surface area contributed by atoms with Crippen molar-refractivity contribution in [1.82, 2.24) is 4.98 Å². The Bertz CT molecular complexity index is 890. The second-order valence-electron chi connectivity index (χ2n) is 5.04. The van der Waals surface area contributed by atoms with Gasteiger partial charge in [0.05, 0.1) is 7.11 Å². The minimum atomic E-state index is -0.461. The molecule has 3 aromatic rings. The third-order valence-corrected chi connectivity index (χ3v) is 3.32. The molecule has 7 heteroatoms. The number of nitrogens with zero attached hydrogens (tertiary/aromatic N) is 1. The molecule has 1 aromatic heterocycles. The van der Waals surface area contributed by atoms with Gasteiger partial charge in [-0.1, -0.05) is 24.3 Å². The Hall–Kier alpha value is -3.61. The molecule has 25 heavy (non-hydrogen) atoms. The van der Waals surface area contributed by atoms with Crippen molar-refractivity contribution < 1.29 is 18.7 Å². The quantitative estimate of drug-likeness (QED) is 0.746. The molecule has 2 aromatic carbocycles. The van der Waals surface area contributed by atoms with Gasteiger partial charge in [-0.2, -0.15) is 4.98 Å². The molecule has 2 N–H and O–H groups in total. The van der Waals surface area contributed by atoms with Crippen LogP contribution in [0.1, 0.15) is 20.8 Å². The zero-order valence-corrected chi connectivity index (χ0v) is 13.4. The predicted octanol–water partition coefficient (Wildman–Crippen LogP) is 3.19. The molecule has 1 heterocycles. The highest BCUT2D eigenvalue weighted by molar-refractivity contribution is 6.05. The van der Waals surface area contributed by atoms with Crippen LogP contribution in [0.25, 0.3) is 0 Å². The van der Waals surface area contributed by atoms with E-state index in [0.29, 0.717) is 17.0 Å². The van der Waals surface area contributed by atoms with Crippen molar-refractivity contribution in [1.29, 1.82) is 0 Å². The van der Waals surface area contributed by atoms with Crippen LogP contribution in [0.15, 0.2) is 65.3 Å². The maximum Gasteiger partial charge on any atom is 0.302 e. The first-order valence-electron chi connectivity index (χ1n) is 7.43. The third-order valence-electron chi connectivity index (χ3n) is 3.32. The van der Waals surface area contributed by atoms with Gasteiger partial charge in [-0.3, -0.25) is 14.9 Å². The Kier molecular flexibility index (Phi) is 4.75. The molecule has 126 valence electrons. The van der Waals surface area contributed by atoms with E-state index in [9.17, 15) is 9.59 Å². The number of anilines is 2. The van der Waals surface area contributed by atoms with E-state index in [4.69, 9.17) is 9.15 Å². The summed E-state index contributed by atoms with van der Waals surface area (Å²) in [6.07, 6.45) is 1.18. The normalized spacial score (nSPS) is 10.1. The number of amides is 2. The van der Waals surface area contributed by atoms with Crippen molar-refractivity contribution in [3.05, 3.63) is 72.1 Å². The van der Waals surface area contributed by atoms with Gasteiger partial charge >= 0.3 is 6.01 Å². The molecule has 0 saturated carbocycles. The van der Waals surface area contributed by atoms with Gasteiger partial charge < -0.3 is 14.5 Å². The lowest BCUT2D eigenvalue weighted by Gasteiger charge is -2.05. The van der Waals surface area contributed by atoms with Gasteiger partial charge in [0.25, 0.3) is 11.8 Å². The minimum Gasteiger partial charge on any atom is -0.497 e. The zero-order valence-electron chi connectivity index (χ0n) is 13.4. The predicted molar refractivity (Wildman–Crippen MR) is 91.8 cm³/mol. The molecule has 0 saturated heterocycles. The Morgan fingerprint density at radius 3 is 2.56 bits per heavy atom. The van der Waals surface area contributed by atoms with Crippen molar-refractivity contribution in [2.75, 3.05) is 17.7 Å². The van der Waals surface area contributed by atoms with Gasteiger partial charge in [0.15, 0.2) is 5.69 Å². The van der Waals surface area contributed by atoms with Crippen LogP contribution < -0.4 is 15.4 Å². The molecule has 3 rings (SSSR count). The number of aromatic nitrogens is 1. The lowest BCUT2D eigenvalue weighted by Crippen LogP contribution is -2.14. The highest BCUT2D eigenvalue weighted by atomic mass is 16.5. The van der Waals surface area contributed by atoms with Crippen LogP contribution in [0.5, 0.6) is 5.75 Å². The van der Waals surface area contributed by atoms with Crippen LogP contribution in [-0.4, -0.2) is 23.9 Å². The van der Waals surface area contributed by atoms with Crippen molar-refractivity contribution in [3.63, 3.8) is 0 Å². The highest BCUT2D eigenvalue weighted by Crippen LogP contribution is 2.18. The molecule has 0 aliphatic carbocycles. The average Bonchev–Trinajstić information content (AvgIpc) is 3.11. The second kappa shape index (κ2) is 7.31. The summed E-state index contributed by atoms with van der Waals surface area (Å²) in [5, 5.41) is 5.18. The SMILES string of the molecule is COc1cccc(NC(=O)c2coc(NC(=O)c3ccccc3)n2)c1. The van der Waals surface area contributed by atoms with E-state index in [1.54, 1.807) is 55.6 Å². The third kappa shape index (κ3) is 4.03. The number of carbonyl (C=O) groups is 2. The molecular weight excluding hydrogens is 322 g/mol. The Morgan fingerprint density at radius 2 is 1.80 bits per heavy atom.